The standard InChI is InChI=1S/C16H18N2O3/c1-21-15-6-12(5-14(7-15)18(19)20)9-16(10-17)8-11-2-3-13(16)4-11/h5-7,11,13H,2-4,8-9H2,1H3. The molecule has 2 saturated carbocycles. The van der Waals surface area contributed by atoms with Gasteiger partial charge in [-0.1, -0.05) is 6.42 Å². The number of methoxy groups -OCH3 is 1. The van der Waals surface area contributed by atoms with Crippen molar-refractivity contribution in [2.75, 3.05) is 7.11 Å². The second kappa shape index (κ2) is 5.03. The van der Waals surface area contributed by atoms with E-state index in [9.17, 15) is 15.4 Å². The van der Waals surface area contributed by atoms with Crippen LogP contribution in [0.5, 0.6) is 5.75 Å². The Bertz CT molecular complexity index is 622. The molecule has 2 fully saturated rings. The van der Waals surface area contributed by atoms with Gasteiger partial charge in [-0.05, 0) is 49.1 Å². The molecule has 0 amide bonds. The lowest BCUT2D eigenvalue weighted by Crippen LogP contribution is -2.28. The first-order valence-electron chi connectivity index (χ1n) is 7.30. The Hall–Kier alpha value is -2.09. The van der Waals surface area contributed by atoms with E-state index in [1.807, 2.05) is 6.07 Å². The van der Waals surface area contributed by atoms with Gasteiger partial charge in [0.25, 0.3) is 5.69 Å². The van der Waals surface area contributed by atoms with E-state index in [1.165, 1.54) is 19.6 Å². The van der Waals surface area contributed by atoms with Gasteiger partial charge in [0.05, 0.1) is 29.6 Å². The largest absolute Gasteiger partial charge is 0.496 e. The summed E-state index contributed by atoms with van der Waals surface area (Å²) in [6.45, 7) is 0. The van der Waals surface area contributed by atoms with Crippen LogP contribution in [-0.2, 0) is 6.42 Å². The third kappa shape index (κ3) is 2.35. The Labute approximate surface area is 123 Å². The Morgan fingerprint density at radius 3 is 2.81 bits per heavy atom. The van der Waals surface area contributed by atoms with E-state index in [0.29, 0.717) is 24.0 Å². The van der Waals surface area contributed by atoms with E-state index in [-0.39, 0.29) is 11.1 Å². The molecule has 5 heteroatoms. The second-order valence-electron chi connectivity index (χ2n) is 6.32. The summed E-state index contributed by atoms with van der Waals surface area (Å²) >= 11 is 0. The molecule has 5 nitrogen and oxygen atoms in total. The lowest BCUT2D eigenvalue weighted by Gasteiger charge is -2.31. The predicted octanol–water partition coefficient (Wildman–Crippen LogP) is 3.48. The van der Waals surface area contributed by atoms with Crippen LogP contribution < -0.4 is 4.74 Å². The summed E-state index contributed by atoms with van der Waals surface area (Å²) in [5, 5.41) is 20.7. The summed E-state index contributed by atoms with van der Waals surface area (Å²) < 4.78 is 5.15. The van der Waals surface area contributed by atoms with Crippen LogP contribution in [-0.4, -0.2) is 12.0 Å². The molecule has 2 aliphatic rings. The summed E-state index contributed by atoms with van der Waals surface area (Å²) in [6.07, 6.45) is 5.00. The van der Waals surface area contributed by atoms with Gasteiger partial charge in [-0.3, -0.25) is 10.1 Å². The van der Waals surface area contributed by atoms with Gasteiger partial charge in [0.1, 0.15) is 5.75 Å². The van der Waals surface area contributed by atoms with Crippen LogP contribution in [0.3, 0.4) is 0 Å². The first-order valence-corrected chi connectivity index (χ1v) is 7.30. The fourth-order valence-electron chi connectivity index (χ4n) is 4.17. The number of nitro benzene ring substituents is 1. The number of rotatable bonds is 4. The van der Waals surface area contributed by atoms with Crippen LogP contribution in [0.25, 0.3) is 0 Å². The van der Waals surface area contributed by atoms with E-state index in [2.05, 4.69) is 6.07 Å². The molecule has 1 aromatic rings. The number of hydrogen-bond donors (Lipinski definition) is 0. The maximum Gasteiger partial charge on any atom is 0.273 e. The Morgan fingerprint density at radius 1 is 1.48 bits per heavy atom. The third-order valence-corrected chi connectivity index (χ3v) is 5.12. The average molecular weight is 286 g/mol. The minimum Gasteiger partial charge on any atom is -0.496 e. The summed E-state index contributed by atoms with van der Waals surface area (Å²) in [7, 11) is 1.50. The summed E-state index contributed by atoms with van der Waals surface area (Å²) in [5.41, 5.74) is 0.513. The molecular formula is C16H18N2O3. The number of ether oxygens (including phenoxy) is 1. The van der Waals surface area contributed by atoms with Crippen LogP contribution >= 0.6 is 0 Å². The van der Waals surface area contributed by atoms with Crippen LogP contribution in [0.4, 0.5) is 5.69 Å². The second-order valence-corrected chi connectivity index (χ2v) is 6.32. The van der Waals surface area contributed by atoms with Gasteiger partial charge in [0, 0.05) is 6.07 Å². The zero-order valence-electron chi connectivity index (χ0n) is 12.0. The smallest absolute Gasteiger partial charge is 0.273 e. The number of nitrogens with zero attached hydrogens (tertiary/aromatic N) is 2. The van der Waals surface area contributed by atoms with Crippen molar-refractivity contribution in [1.29, 1.82) is 5.26 Å². The number of benzene rings is 1. The van der Waals surface area contributed by atoms with Gasteiger partial charge < -0.3 is 4.74 Å². The van der Waals surface area contributed by atoms with E-state index in [4.69, 9.17) is 4.74 Å². The van der Waals surface area contributed by atoms with E-state index >= 15 is 0 Å². The molecule has 0 saturated heterocycles. The zero-order chi connectivity index (χ0) is 15.0. The first kappa shape index (κ1) is 13.9. The maximum absolute atomic E-state index is 11.0. The quantitative estimate of drug-likeness (QED) is 0.627. The van der Waals surface area contributed by atoms with Crippen molar-refractivity contribution in [2.45, 2.75) is 32.1 Å². The first-order chi connectivity index (χ1) is 10.1. The highest BCUT2D eigenvalue weighted by molar-refractivity contribution is 5.43. The van der Waals surface area contributed by atoms with Crippen molar-refractivity contribution in [3.05, 3.63) is 33.9 Å². The van der Waals surface area contributed by atoms with Crippen LogP contribution in [0.1, 0.15) is 31.2 Å². The molecular weight excluding hydrogens is 268 g/mol. The highest BCUT2D eigenvalue weighted by Crippen LogP contribution is 2.57. The third-order valence-electron chi connectivity index (χ3n) is 5.12. The lowest BCUT2D eigenvalue weighted by molar-refractivity contribution is -0.385. The molecule has 0 aromatic heterocycles. The normalized spacial score (nSPS) is 30.1. The Balaban J connectivity index is 1.92. The number of nitriles is 1. The van der Waals surface area contributed by atoms with Gasteiger partial charge in [-0.15, -0.1) is 0 Å². The molecule has 3 atom stereocenters. The molecule has 0 radical (unpaired) electrons. The molecule has 2 aliphatic carbocycles. The van der Waals surface area contributed by atoms with Gasteiger partial charge in [0.15, 0.2) is 0 Å². The highest BCUT2D eigenvalue weighted by atomic mass is 16.6. The summed E-state index contributed by atoms with van der Waals surface area (Å²) in [4.78, 5) is 10.6. The van der Waals surface area contributed by atoms with Gasteiger partial charge in [-0.2, -0.15) is 5.26 Å². The summed E-state index contributed by atoms with van der Waals surface area (Å²) in [6, 6.07) is 7.35. The van der Waals surface area contributed by atoms with Crippen molar-refractivity contribution in [3.8, 4) is 11.8 Å². The molecule has 3 rings (SSSR count). The molecule has 110 valence electrons. The molecule has 0 spiro atoms. The van der Waals surface area contributed by atoms with E-state index in [1.54, 1.807) is 6.07 Å². The molecule has 0 heterocycles. The van der Waals surface area contributed by atoms with Crippen LogP contribution in [0, 0.1) is 38.7 Å². The number of fused-ring (bicyclic) bond motifs is 2. The van der Waals surface area contributed by atoms with Crippen LogP contribution in [0.15, 0.2) is 18.2 Å². The molecule has 21 heavy (non-hydrogen) atoms. The topological polar surface area (TPSA) is 76.2 Å². The van der Waals surface area contributed by atoms with E-state index < -0.39 is 4.92 Å². The molecule has 2 bridgehead atoms. The molecule has 3 unspecified atom stereocenters. The molecule has 0 N–H and O–H groups in total. The SMILES string of the molecule is COc1cc(CC2(C#N)CC3CCC2C3)cc([N+](=O)[O-])c1. The Kier molecular flexibility index (Phi) is 3.32. The monoisotopic (exact) mass is 286 g/mol. The van der Waals surface area contributed by atoms with Gasteiger partial charge in [-0.25, -0.2) is 0 Å². The Morgan fingerprint density at radius 2 is 2.29 bits per heavy atom. The van der Waals surface area contributed by atoms with Crippen molar-refractivity contribution in [3.63, 3.8) is 0 Å². The number of nitro groups is 1. The van der Waals surface area contributed by atoms with Gasteiger partial charge in [0.2, 0.25) is 0 Å². The zero-order valence-corrected chi connectivity index (χ0v) is 12.0. The van der Waals surface area contributed by atoms with Crippen molar-refractivity contribution in [1.82, 2.24) is 0 Å². The fourth-order valence-corrected chi connectivity index (χ4v) is 4.17. The predicted molar refractivity (Wildman–Crippen MR) is 76.8 cm³/mol. The van der Waals surface area contributed by atoms with Crippen molar-refractivity contribution < 1.29 is 9.66 Å². The minimum absolute atomic E-state index is 0.0283. The van der Waals surface area contributed by atoms with Gasteiger partial charge >= 0.3 is 0 Å². The lowest BCUT2D eigenvalue weighted by atomic mass is 9.70. The van der Waals surface area contributed by atoms with E-state index in [0.717, 1.165) is 24.8 Å². The number of non-ortho nitro benzene ring substituents is 1. The van der Waals surface area contributed by atoms with Crippen LogP contribution in [0.2, 0.25) is 0 Å². The molecule has 0 aliphatic heterocycles. The minimum atomic E-state index is -0.411. The summed E-state index contributed by atoms with van der Waals surface area (Å²) in [5.74, 6) is 1.59. The maximum atomic E-state index is 11.0. The average Bonchev–Trinajstić information content (AvgIpc) is 3.07. The molecule has 1 aromatic carbocycles. The van der Waals surface area contributed by atoms with Crippen molar-refractivity contribution in [2.24, 2.45) is 17.3 Å². The highest BCUT2D eigenvalue weighted by Gasteiger charge is 2.51. The number of hydrogen-bond acceptors (Lipinski definition) is 4. The fraction of sp³-hybridized carbons (Fsp3) is 0.562. The van der Waals surface area contributed by atoms with Crippen molar-refractivity contribution >= 4 is 5.69 Å².